The summed E-state index contributed by atoms with van der Waals surface area (Å²) < 4.78 is 18.9. The Labute approximate surface area is 130 Å². The highest BCUT2D eigenvalue weighted by Gasteiger charge is 2.07. The molecule has 21 heavy (non-hydrogen) atoms. The van der Waals surface area contributed by atoms with E-state index < -0.39 is 0 Å². The summed E-state index contributed by atoms with van der Waals surface area (Å²) >= 11 is 3.36. The number of carbonyl (C=O) groups excluding carboxylic acids is 1. The average molecular weight is 353 g/mol. The van der Waals surface area contributed by atoms with Crippen molar-refractivity contribution in [2.45, 2.75) is 6.54 Å². The Morgan fingerprint density at radius 2 is 1.95 bits per heavy atom. The van der Waals surface area contributed by atoms with Crippen molar-refractivity contribution in [3.8, 4) is 5.75 Å². The summed E-state index contributed by atoms with van der Waals surface area (Å²) in [6.45, 7) is 0.294. The molecule has 0 fully saturated rings. The lowest BCUT2D eigenvalue weighted by molar-refractivity contribution is -0.118. The molecule has 110 valence electrons. The van der Waals surface area contributed by atoms with E-state index in [9.17, 15) is 9.18 Å². The maximum atomic E-state index is 12.7. The van der Waals surface area contributed by atoms with Crippen LogP contribution in [0.4, 0.5) is 10.1 Å². The van der Waals surface area contributed by atoms with E-state index in [1.54, 1.807) is 6.07 Å². The average Bonchev–Trinajstić information content (AvgIpc) is 2.48. The second-order valence-corrected chi connectivity index (χ2v) is 5.17. The van der Waals surface area contributed by atoms with Gasteiger partial charge >= 0.3 is 0 Å². The number of carbonyl (C=O) groups is 1. The Balaban J connectivity index is 1.90. The molecule has 0 heterocycles. The van der Waals surface area contributed by atoms with Crippen LogP contribution in [0.15, 0.2) is 46.9 Å². The normalized spacial score (nSPS) is 10.2. The Kier molecular flexibility index (Phi) is 5.30. The van der Waals surface area contributed by atoms with Crippen molar-refractivity contribution in [3.63, 3.8) is 0 Å². The molecule has 0 aliphatic heterocycles. The third kappa shape index (κ3) is 4.54. The fraction of sp³-hybridized carbons (Fsp3) is 0.133. The number of nitrogens with one attached hydrogen (secondary N) is 1. The summed E-state index contributed by atoms with van der Waals surface area (Å²) in [5, 5.41) is 2.62. The largest absolute Gasteiger partial charge is 0.483 e. The molecule has 0 aliphatic rings. The Bertz CT molecular complexity index is 632. The van der Waals surface area contributed by atoms with Crippen LogP contribution >= 0.6 is 15.9 Å². The monoisotopic (exact) mass is 352 g/mol. The highest BCUT2D eigenvalue weighted by atomic mass is 79.9. The van der Waals surface area contributed by atoms with Crippen LogP contribution in [-0.4, -0.2) is 12.5 Å². The molecule has 0 radical (unpaired) electrons. The number of benzene rings is 2. The summed E-state index contributed by atoms with van der Waals surface area (Å²) in [4.78, 5) is 11.7. The summed E-state index contributed by atoms with van der Waals surface area (Å²) in [7, 11) is 0. The summed E-state index contributed by atoms with van der Waals surface area (Å²) in [5.41, 5.74) is 7.01. The van der Waals surface area contributed by atoms with Crippen LogP contribution in [-0.2, 0) is 11.3 Å². The van der Waals surface area contributed by atoms with Gasteiger partial charge in [0.1, 0.15) is 11.6 Å². The fourth-order valence-electron chi connectivity index (χ4n) is 1.66. The minimum Gasteiger partial charge on any atom is -0.483 e. The van der Waals surface area contributed by atoms with Crippen molar-refractivity contribution in [1.82, 2.24) is 0 Å². The quantitative estimate of drug-likeness (QED) is 0.868. The van der Waals surface area contributed by atoms with Crippen molar-refractivity contribution in [3.05, 3.63) is 58.3 Å². The van der Waals surface area contributed by atoms with E-state index in [1.807, 2.05) is 12.1 Å². The molecule has 0 aromatic heterocycles. The van der Waals surface area contributed by atoms with Crippen molar-refractivity contribution in [2.24, 2.45) is 5.73 Å². The van der Waals surface area contributed by atoms with E-state index in [0.29, 0.717) is 18.0 Å². The molecule has 0 atom stereocenters. The summed E-state index contributed by atoms with van der Waals surface area (Å²) in [6, 6.07) is 10.9. The number of hydrogen-bond acceptors (Lipinski definition) is 3. The smallest absolute Gasteiger partial charge is 0.262 e. The van der Waals surface area contributed by atoms with Crippen LogP contribution in [0.2, 0.25) is 0 Å². The van der Waals surface area contributed by atoms with Gasteiger partial charge < -0.3 is 15.8 Å². The molecule has 0 aliphatic carbocycles. The molecule has 2 aromatic rings. The minimum absolute atomic E-state index is 0.141. The maximum absolute atomic E-state index is 12.7. The highest BCUT2D eigenvalue weighted by Crippen LogP contribution is 2.25. The zero-order valence-corrected chi connectivity index (χ0v) is 12.7. The SMILES string of the molecule is NCc1ccc(OCC(=O)Nc2ccc(F)cc2)c(Br)c1. The van der Waals surface area contributed by atoms with E-state index in [0.717, 1.165) is 10.0 Å². The van der Waals surface area contributed by atoms with Crippen LogP contribution in [0.5, 0.6) is 5.75 Å². The van der Waals surface area contributed by atoms with Gasteiger partial charge in [-0.1, -0.05) is 6.07 Å². The molecule has 1 amide bonds. The molecule has 3 N–H and O–H groups in total. The van der Waals surface area contributed by atoms with E-state index >= 15 is 0 Å². The van der Waals surface area contributed by atoms with Crippen molar-refractivity contribution in [2.75, 3.05) is 11.9 Å². The molecule has 4 nitrogen and oxygen atoms in total. The van der Waals surface area contributed by atoms with Gasteiger partial charge in [-0.25, -0.2) is 4.39 Å². The third-order valence-electron chi connectivity index (χ3n) is 2.72. The Hall–Kier alpha value is -1.92. The number of amides is 1. The van der Waals surface area contributed by atoms with Crippen LogP contribution < -0.4 is 15.8 Å². The van der Waals surface area contributed by atoms with Gasteiger partial charge in [0.15, 0.2) is 6.61 Å². The molecule has 0 unspecified atom stereocenters. The van der Waals surface area contributed by atoms with Crippen LogP contribution in [0, 0.1) is 5.82 Å². The lowest BCUT2D eigenvalue weighted by atomic mass is 10.2. The predicted octanol–water partition coefficient (Wildman–Crippen LogP) is 3.06. The number of rotatable bonds is 5. The van der Waals surface area contributed by atoms with Crippen molar-refractivity contribution < 1.29 is 13.9 Å². The predicted molar refractivity (Wildman–Crippen MR) is 82.6 cm³/mol. The number of anilines is 1. The van der Waals surface area contributed by atoms with Gasteiger partial charge in [-0.15, -0.1) is 0 Å². The minimum atomic E-state index is -0.354. The lowest BCUT2D eigenvalue weighted by Crippen LogP contribution is -2.20. The molecule has 0 saturated heterocycles. The van der Waals surface area contributed by atoms with Gasteiger partial charge in [-0.3, -0.25) is 4.79 Å². The second kappa shape index (κ2) is 7.19. The molecular formula is C15H14BrFN2O2. The highest BCUT2D eigenvalue weighted by molar-refractivity contribution is 9.10. The topological polar surface area (TPSA) is 64.3 Å². The number of hydrogen-bond donors (Lipinski definition) is 2. The van der Waals surface area contributed by atoms with E-state index in [1.165, 1.54) is 24.3 Å². The fourth-order valence-corrected chi connectivity index (χ4v) is 2.20. The number of nitrogens with two attached hydrogens (primary N) is 1. The zero-order valence-electron chi connectivity index (χ0n) is 11.1. The summed E-state index contributed by atoms with van der Waals surface area (Å²) in [5.74, 6) is -0.119. The summed E-state index contributed by atoms with van der Waals surface area (Å²) in [6.07, 6.45) is 0. The molecule has 2 aromatic carbocycles. The van der Waals surface area contributed by atoms with Crippen LogP contribution in [0.1, 0.15) is 5.56 Å². The first kappa shape index (κ1) is 15.5. The van der Waals surface area contributed by atoms with E-state index in [-0.39, 0.29) is 18.3 Å². The molecule has 0 saturated carbocycles. The van der Waals surface area contributed by atoms with E-state index in [2.05, 4.69) is 21.2 Å². The van der Waals surface area contributed by atoms with Crippen LogP contribution in [0.25, 0.3) is 0 Å². The third-order valence-corrected chi connectivity index (χ3v) is 3.34. The first-order chi connectivity index (χ1) is 10.1. The Morgan fingerprint density at radius 1 is 1.24 bits per heavy atom. The first-order valence-corrected chi connectivity index (χ1v) is 7.04. The molecule has 6 heteroatoms. The van der Waals surface area contributed by atoms with Gasteiger partial charge in [0, 0.05) is 12.2 Å². The zero-order chi connectivity index (χ0) is 15.2. The lowest BCUT2D eigenvalue weighted by Gasteiger charge is -2.10. The Morgan fingerprint density at radius 3 is 2.57 bits per heavy atom. The van der Waals surface area contributed by atoms with Crippen molar-refractivity contribution >= 4 is 27.5 Å². The van der Waals surface area contributed by atoms with Gasteiger partial charge in [0.2, 0.25) is 0 Å². The molecular weight excluding hydrogens is 339 g/mol. The van der Waals surface area contributed by atoms with Gasteiger partial charge in [0.05, 0.1) is 4.47 Å². The van der Waals surface area contributed by atoms with Gasteiger partial charge in [-0.05, 0) is 57.9 Å². The molecule has 2 rings (SSSR count). The maximum Gasteiger partial charge on any atom is 0.262 e. The molecule has 0 bridgehead atoms. The van der Waals surface area contributed by atoms with E-state index in [4.69, 9.17) is 10.5 Å². The number of ether oxygens (including phenoxy) is 1. The van der Waals surface area contributed by atoms with Gasteiger partial charge in [-0.2, -0.15) is 0 Å². The van der Waals surface area contributed by atoms with Crippen molar-refractivity contribution in [1.29, 1.82) is 0 Å². The number of halogens is 2. The second-order valence-electron chi connectivity index (χ2n) is 4.31. The standard InChI is InChI=1S/C15H14BrFN2O2/c16-13-7-10(8-18)1-6-14(13)21-9-15(20)19-12-4-2-11(17)3-5-12/h1-7H,8-9,18H2,(H,19,20). The molecule has 0 spiro atoms. The van der Waals surface area contributed by atoms with Gasteiger partial charge in [0.25, 0.3) is 5.91 Å². The first-order valence-electron chi connectivity index (χ1n) is 6.25. The van der Waals surface area contributed by atoms with Crippen LogP contribution in [0.3, 0.4) is 0 Å².